The summed E-state index contributed by atoms with van der Waals surface area (Å²) < 4.78 is 5.08. The Labute approximate surface area is 155 Å². The van der Waals surface area contributed by atoms with Crippen molar-refractivity contribution in [2.45, 2.75) is 25.3 Å². The molecule has 5 nitrogen and oxygen atoms in total. The van der Waals surface area contributed by atoms with Crippen molar-refractivity contribution in [3.05, 3.63) is 60.3 Å². The summed E-state index contributed by atoms with van der Waals surface area (Å²) in [6.07, 6.45) is 4.72. The van der Waals surface area contributed by atoms with E-state index in [9.17, 15) is 4.79 Å². The SMILES string of the molecule is COCC(=O)N(c1ccccn1)C1CCN(CCc2ccccc2)CC1. The average molecular weight is 353 g/mol. The Kier molecular flexibility index (Phi) is 6.75. The molecular weight excluding hydrogens is 326 g/mol. The van der Waals surface area contributed by atoms with Crippen LogP contribution in [-0.2, 0) is 16.0 Å². The highest BCUT2D eigenvalue weighted by Crippen LogP contribution is 2.22. The average Bonchev–Trinajstić information content (AvgIpc) is 2.69. The Balaban J connectivity index is 1.58. The van der Waals surface area contributed by atoms with Gasteiger partial charge in [0.05, 0.1) is 0 Å². The van der Waals surface area contributed by atoms with Gasteiger partial charge in [0.1, 0.15) is 12.4 Å². The quantitative estimate of drug-likeness (QED) is 0.768. The molecule has 0 aliphatic carbocycles. The largest absolute Gasteiger partial charge is 0.375 e. The van der Waals surface area contributed by atoms with Gasteiger partial charge in [-0.2, -0.15) is 0 Å². The zero-order valence-electron chi connectivity index (χ0n) is 15.4. The van der Waals surface area contributed by atoms with Crippen LogP contribution in [0.2, 0.25) is 0 Å². The molecule has 138 valence electrons. The number of rotatable bonds is 7. The van der Waals surface area contributed by atoms with E-state index in [0.717, 1.165) is 44.7 Å². The van der Waals surface area contributed by atoms with Crippen LogP contribution in [0.5, 0.6) is 0 Å². The lowest BCUT2D eigenvalue weighted by Crippen LogP contribution is -2.49. The number of methoxy groups -OCH3 is 1. The molecule has 1 aliphatic heterocycles. The molecule has 1 fully saturated rings. The summed E-state index contributed by atoms with van der Waals surface area (Å²) in [6.45, 7) is 3.15. The lowest BCUT2D eigenvalue weighted by atomic mass is 10.0. The van der Waals surface area contributed by atoms with E-state index in [1.165, 1.54) is 5.56 Å². The minimum Gasteiger partial charge on any atom is -0.375 e. The van der Waals surface area contributed by atoms with Crippen molar-refractivity contribution in [3.8, 4) is 0 Å². The highest BCUT2D eigenvalue weighted by Gasteiger charge is 2.29. The maximum atomic E-state index is 12.6. The highest BCUT2D eigenvalue weighted by molar-refractivity contribution is 5.94. The first-order chi connectivity index (χ1) is 12.8. The molecule has 1 amide bonds. The standard InChI is InChI=1S/C21H27N3O2/c1-26-17-21(25)24(20-9-5-6-13-22-20)19-11-15-23(16-12-19)14-10-18-7-3-2-4-8-18/h2-9,13,19H,10-12,14-17H2,1H3. The summed E-state index contributed by atoms with van der Waals surface area (Å²) in [6, 6.07) is 16.5. The zero-order chi connectivity index (χ0) is 18.2. The number of piperidine rings is 1. The third-order valence-electron chi connectivity index (χ3n) is 4.91. The fourth-order valence-corrected chi connectivity index (χ4v) is 3.54. The normalized spacial score (nSPS) is 15.7. The number of aromatic nitrogens is 1. The number of hydrogen-bond donors (Lipinski definition) is 0. The predicted octanol–water partition coefficient (Wildman–Crippen LogP) is 2.77. The first kappa shape index (κ1) is 18.5. The third-order valence-corrected chi connectivity index (χ3v) is 4.91. The second-order valence-electron chi connectivity index (χ2n) is 6.69. The van der Waals surface area contributed by atoms with Gasteiger partial charge in [-0.05, 0) is 37.0 Å². The summed E-state index contributed by atoms with van der Waals surface area (Å²) >= 11 is 0. The Hall–Kier alpha value is -2.24. The fraction of sp³-hybridized carbons (Fsp3) is 0.429. The molecule has 2 heterocycles. The van der Waals surface area contributed by atoms with Crippen LogP contribution < -0.4 is 4.90 Å². The molecule has 0 spiro atoms. The van der Waals surface area contributed by atoms with Crippen molar-refractivity contribution < 1.29 is 9.53 Å². The summed E-state index contributed by atoms with van der Waals surface area (Å²) in [5, 5.41) is 0. The lowest BCUT2D eigenvalue weighted by Gasteiger charge is -2.38. The molecule has 0 bridgehead atoms. The lowest BCUT2D eigenvalue weighted by molar-refractivity contribution is -0.122. The topological polar surface area (TPSA) is 45.7 Å². The van der Waals surface area contributed by atoms with Gasteiger partial charge in [-0.1, -0.05) is 36.4 Å². The molecule has 26 heavy (non-hydrogen) atoms. The van der Waals surface area contributed by atoms with Gasteiger partial charge in [-0.3, -0.25) is 9.69 Å². The van der Waals surface area contributed by atoms with Crippen LogP contribution in [-0.4, -0.2) is 55.2 Å². The maximum absolute atomic E-state index is 12.6. The van der Waals surface area contributed by atoms with E-state index >= 15 is 0 Å². The van der Waals surface area contributed by atoms with E-state index in [2.05, 4.69) is 40.2 Å². The van der Waals surface area contributed by atoms with Gasteiger partial charge in [-0.25, -0.2) is 4.98 Å². The molecule has 2 aromatic rings. The number of hydrogen-bond acceptors (Lipinski definition) is 4. The highest BCUT2D eigenvalue weighted by atomic mass is 16.5. The van der Waals surface area contributed by atoms with Gasteiger partial charge < -0.3 is 9.64 Å². The van der Waals surface area contributed by atoms with E-state index < -0.39 is 0 Å². The number of pyridine rings is 1. The predicted molar refractivity (Wildman–Crippen MR) is 103 cm³/mol. The van der Waals surface area contributed by atoms with E-state index in [0.29, 0.717) is 0 Å². The molecule has 1 aromatic carbocycles. The summed E-state index contributed by atoms with van der Waals surface area (Å²) in [7, 11) is 1.56. The Morgan fingerprint density at radius 1 is 1.15 bits per heavy atom. The van der Waals surface area contributed by atoms with Gasteiger partial charge in [-0.15, -0.1) is 0 Å². The molecule has 0 N–H and O–H groups in total. The molecule has 3 rings (SSSR count). The molecular formula is C21H27N3O2. The first-order valence-corrected chi connectivity index (χ1v) is 9.26. The van der Waals surface area contributed by atoms with Crippen LogP contribution in [0.1, 0.15) is 18.4 Å². The number of carbonyl (C=O) groups excluding carboxylic acids is 1. The minimum absolute atomic E-state index is 0.0195. The number of ether oxygens (including phenoxy) is 1. The van der Waals surface area contributed by atoms with E-state index in [1.807, 2.05) is 23.1 Å². The number of anilines is 1. The summed E-state index contributed by atoms with van der Waals surface area (Å²) in [5.74, 6) is 0.700. The molecule has 0 unspecified atom stereocenters. The number of carbonyl (C=O) groups is 1. The van der Waals surface area contributed by atoms with Crippen LogP contribution in [0.3, 0.4) is 0 Å². The minimum atomic E-state index is -0.0195. The molecule has 1 saturated heterocycles. The van der Waals surface area contributed by atoms with Crippen LogP contribution in [0.25, 0.3) is 0 Å². The second-order valence-corrected chi connectivity index (χ2v) is 6.69. The number of nitrogens with zero attached hydrogens (tertiary/aromatic N) is 3. The van der Waals surface area contributed by atoms with Crippen molar-refractivity contribution in [3.63, 3.8) is 0 Å². The van der Waals surface area contributed by atoms with Gasteiger partial charge >= 0.3 is 0 Å². The number of likely N-dealkylation sites (tertiary alicyclic amines) is 1. The Morgan fingerprint density at radius 3 is 2.54 bits per heavy atom. The summed E-state index contributed by atoms with van der Waals surface area (Å²) in [5.41, 5.74) is 1.38. The van der Waals surface area contributed by atoms with Crippen LogP contribution >= 0.6 is 0 Å². The summed E-state index contributed by atoms with van der Waals surface area (Å²) in [4.78, 5) is 21.3. The van der Waals surface area contributed by atoms with Gasteiger partial charge in [0.15, 0.2) is 0 Å². The van der Waals surface area contributed by atoms with Crippen molar-refractivity contribution in [1.82, 2.24) is 9.88 Å². The molecule has 5 heteroatoms. The van der Waals surface area contributed by atoms with E-state index in [4.69, 9.17) is 4.74 Å². The van der Waals surface area contributed by atoms with Crippen LogP contribution in [0.4, 0.5) is 5.82 Å². The molecule has 0 saturated carbocycles. The smallest absolute Gasteiger partial charge is 0.254 e. The monoisotopic (exact) mass is 353 g/mol. The number of amides is 1. The third kappa shape index (κ3) is 4.90. The van der Waals surface area contributed by atoms with Crippen molar-refractivity contribution in [2.24, 2.45) is 0 Å². The Morgan fingerprint density at radius 2 is 1.88 bits per heavy atom. The van der Waals surface area contributed by atoms with Crippen LogP contribution in [0, 0.1) is 0 Å². The van der Waals surface area contributed by atoms with Crippen LogP contribution in [0.15, 0.2) is 54.7 Å². The maximum Gasteiger partial charge on any atom is 0.254 e. The second kappa shape index (κ2) is 9.46. The molecule has 1 aromatic heterocycles. The van der Waals surface area contributed by atoms with Gasteiger partial charge in [0, 0.05) is 39.0 Å². The molecule has 0 atom stereocenters. The van der Waals surface area contributed by atoms with Gasteiger partial charge in [0.25, 0.3) is 5.91 Å². The molecule has 0 radical (unpaired) electrons. The van der Waals surface area contributed by atoms with Crippen molar-refractivity contribution in [1.29, 1.82) is 0 Å². The number of benzene rings is 1. The van der Waals surface area contributed by atoms with E-state index in [1.54, 1.807) is 13.3 Å². The Bertz CT molecular complexity index is 670. The van der Waals surface area contributed by atoms with E-state index in [-0.39, 0.29) is 18.6 Å². The first-order valence-electron chi connectivity index (χ1n) is 9.26. The van der Waals surface area contributed by atoms with Crippen molar-refractivity contribution >= 4 is 11.7 Å². The zero-order valence-corrected chi connectivity index (χ0v) is 15.4. The van der Waals surface area contributed by atoms with Crippen molar-refractivity contribution in [2.75, 3.05) is 38.3 Å². The molecule has 1 aliphatic rings. The fourth-order valence-electron chi connectivity index (χ4n) is 3.54. The van der Waals surface area contributed by atoms with Gasteiger partial charge in [0.2, 0.25) is 0 Å².